The third-order valence-corrected chi connectivity index (χ3v) is 5.97. The Hall–Kier alpha value is -3.70. The van der Waals surface area contributed by atoms with Gasteiger partial charge in [0.05, 0.1) is 19.2 Å². The Bertz CT molecular complexity index is 1300. The number of hydrogen-bond acceptors (Lipinski definition) is 4. The van der Waals surface area contributed by atoms with E-state index in [0.29, 0.717) is 23.6 Å². The molecule has 4 rings (SSSR count). The maximum Gasteiger partial charge on any atom is 0.310 e. The minimum absolute atomic E-state index is 0.101. The van der Waals surface area contributed by atoms with E-state index in [9.17, 15) is 9.59 Å². The molecular formula is C28H25ClN2O3. The van der Waals surface area contributed by atoms with E-state index in [1.807, 2.05) is 72.8 Å². The van der Waals surface area contributed by atoms with Crippen molar-refractivity contribution in [3.8, 4) is 0 Å². The molecule has 3 aromatic carbocycles. The summed E-state index contributed by atoms with van der Waals surface area (Å²) in [6, 6.07) is 23.1. The van der Waals surface area contributed by atoms with Gasteiger partial charge in [0.15, 0.2) is 0 Å². The fourth-order valence-electron chi connectivity index (χ4n) is 3.86. The molecule has 172 valence electrons. The van der Waals surface area contributed by atoms with Gasteiger partial charge >= 0.3 is 5.97 Å². The van der Waals surface area contributed by atoms with Crippen molar-refractivity contribution in [1.29, 1.82) is 0 Å². The molecule has 0 bridgehead atoms. The lowest BCUT2D eigenvalue weighted by atomic mass is 9.99. The second-order valence-corrected chi connectivity index (χ2v) is 8.47. The van der Waals surface area contributed by atoms with Crippen LogP contribution in [0.5, 0.6) is 0 Å². The average molecular weight is 473 g/mol. The van der Waals surface area contributed by atoms with Gasteiger partial charge in [-0.2, -0.15) is 0 Å². The van der Waals surface area contributed by atoms with Crippen LogP contribution in [0, 0.1) is 0 Å². The normalized spacial score (nSPS) is 10.8. The number of pyridine rings is 1. The van der Waals surface area contributed by atoms with Crippen molar-refractivity contribution in [1.82, 2.24) is 10.3 Å². The molecule has 0 unspecified atom stereocenters. The molecule has 0 radical (unpaired) electrons. The molecule has 1 aromatic heterocycles. The third-order valence-electron chi connectivity index (χ3n) is 5.72. The molecule has 1 N–H and O–H groups in total. The van der Waals surface area contributed by atoms with Gasteiger partial charge in [0, 0.05) is 35.1 Å². The van der Waals surface area contributed by atoms with Gasteiger partial charge in [-0.15, -0.1) is 0 Å². The maximum atomic E-state index is 12.5. The van der Waals surface area contributed by atoms with Gasteiger partial charge in [-0.1, -0.05) is 60.1 Å². The van der Waals surface area contributed by atoms with Gasteiger partial charge in [-0.05, 0) is 52.8 Å². The highest BCUT2D eigenvalue weighted by molar-refractivity contribution is 6.30. The van der Waals surface area contributed by atoms with Crippen molar-refractivity contribution < 1.29 is 14.3 Å². The standard InChI is InChI=1S/C28H25ClN2O3/c1-34-27(32)17-22-18-31-26(25-5-3-2-4-24(22)25)16-20-6-10-21(11-7-20)28(33)30-15-14-19-8-12-23(29)13-9-19/h2-13,18H,14-17H2,1H3,(H,30,33). The van der Waals surface area contributed by atoms with Gasteiger partial charge in [-0.25, -0.2) is 0 Å². The Kier molecular flexibility index (Phi) is 7.55. The number of carbonyl (C=O) groups excluding carboxylic acids is 2. The molecule has 1 amide bonds. The van der Waals surface area contributed by atoms with Crippen molar-refractivity contribution in [3.05, 3.63) is 112 Å². The van der Waals surface area contributed by atoms with Crippen LogP contribution in [0.15, 0.2) is 79.0 Å². The lowest BCUT2D eigenvalue weighted by molar-refractivity contribution is -0.139. The number of nitrogens with one attached hydrogen (secondary N) is 1. The molecule has 0 aliphatic rings. The summed E-state index contributed by atoms with van der Waals surface area (Å²) in [5.41, 5.74) is 4.56. The Morgan fingerprint density at radius 3 is 2.29 bits per heavy atom. The summed E-state index contributed by atoms with van der Waals surface area (Å²) < 4.78 is 4.81. The summed E-state index contributed by atoms with van der Waals surface area (Å²) >= 11 is 5.91. The fraction of sp³-hybridized carbons (Fsp3) is 0.179. The minimum Gasteiger partial charge on any atom is -0.469 e. The molecule has 0 atom stereocenters. The predicted molar refractivity (Wildman–Crippen MR) is 134 cm³/mol. The first-order valence-corrected chi connectivity index (χ1v) is 11.4. The van der Waals surface area contributed by atoms with E-state index < -0.39 is 0 Å². The number of ether oxygens (including phenoxy) is 1. The van der Waals surface area contributed by atoms with E-state index in [1.54, 1.807) is 6.20 Å². The van der Waals surface area contributed by atoms with Crippen LogP contribution in [0.1, 0.15) is 32.7 Å². The first kappa shape index (κ1) is 23.5. The Balaban J connectivity index is 1.41. The molecule has 5 nitrogen and oxygen atoms in total. The number of fused-ring (bicyclic) bond motifs is 1. The molecule has 0 aliphatic carbocycles. The summed E-state index contributed by atoms with van der Waals surface area (Å²) in [5.74, 6) is -0.391. The smallest absolute Gasteiger partial charge is 0.310 e. The van der Waals surface area contributed by atoms with Crippen molar-refractivity contribution in [2.45, 2.75) is 19.3 Å². The van der Waals surface area contributed by atoms with E-state index in [0.717, 1.165) is 39.6 Å². The highest BCUT2D eigenvalue weighted by atomic mass is 35.5. The van der Waals surface area contributed by atoms with Crippen molar-refractivity contribution in [2.75, 3.05) is 13.7 Å². The van der Waals surface area contributed by atoms with E-state index in [4.69, 9.17) is 16.3 Å². The SMILES string of the molecule is COC(=O)Cc1cnc(Cc2ccc(C(=O)NCCc3ccc(Cl)cc3)cc2)c2ccccc12. The molecule has 0 saturated carbocycles. The first-order chi connectivity index (χ1) is 16.5. The predicted octanol–water partition coefficient (Wildman–Crippen LogP) is 5.17. The van der Waals surface area contributed by atoms with Gasteiger partial charge in [0.2, 0.25) is 0 Å². The van der Waals surface area contributed by atoms with Crippen molar-refractivity contribution in [2.24, 2.45) is 0 Å². The number of carbonyl (C=O) groups is 2. The van der Waals surface area contributed by atoms with Crippen LogP contribution in [0.2, 0.25) is 5.02 Å². The van der Waals surface area contributed by atoms with Gasteiger partial charge in [-0.3, -0.25) is 14.6 Å². The highest BCUT2D eigenvalue weighted by Crippen LogP contribution is 2.24. The zero-order chi connectivity index (χ0) is 23.9. The monoisotopic (exact) mass is 472 g/mol. The topological polar surface area (TPSA) is 68.3 Å². The number of aromatic nitrogens is 1. The number of halogens is 1. The first-order valence-electron chi connectivity index (χ1n) is 11.1. The largest absolute Gasteiger partial charge is 0.469 e. The molecule has 6 heteroatoms. The van der Waals surface area contributed by atoms with E-state index >= 15 is 0 Å². The lowest BCUT2D eigenvalue weighted by Crippen LogP contribution is -2.25. The Labute approximate surface area is 203 Å². The summed E-state index contributed by atoms with van der Waals surface area (Å²) in [4.78, 5) is 28.9. The van der Waals surface area contributed by atoms with E-state index in [1.165, 1.54) is 7.11 Å². The Morgan fingerprint density at radius 2 is 1.59 bits per heavy atom. The Morgan fingerprint density at radius 1 is 0.912 bits per heavy atom. The zero-order valence-corrected chi connectivity index (χ0v) is 19.6. The van der Waals surface area contributed by atoms with Gasteiger partial charge in [0.25, 0.3) is 5.91 Å². The van der Waals surface area contributed by atoms with Crippen molar-refractivity contribution in [3.63, 3.8) is 0 Å². The van der Waals surface area contributed by atoms with Crippen LogP contribution < -0.4 is 5.32 Å². The second-order valence-electron chi connectivity index (χ2n) is 8.03. The van der Waals surface area contributed by atoms with Crippen LogP contribution in [-0.2, 0) is 28.8 Å². The molecule has 0 aliphatic heterocycles. The maximum absolute atomic E-state index is 12.5. The number of benzene rings is 3. The lowest BCUT2D eigenvalue weighted by Gasteiger charge is -2.11. The number of esters is 1. The zero-order valence-electron chi connectivity index (χ0n) is 18.9. The number of hydrogen-bond donors (Lipinski definition) is 1. The van der Waals surface area contributed by atoms with E-state index in [2.05, 4.69) is 10.3 Å². The van der Waals surface area contributed by atoms with Gasteiger partial charge in [0.1, 0.15) is 0 Å². The average Bonchev–Trinajstić information content (AvgIpc) is 2.87. The minimum atomic E-state index is -0.290. The van der Waals surface area contributed by atoms with E-state index in [-0.39, 0.29) is 18.3 Å². The van der Waals surface area contributed by atoms with Crippen LogP contribution >= 0.6 is 11.6 Å². The molecule has 4 aromatic rings. The molecular weight excluding hydrogens is 448 g/mol. The fourth-order valence-corrected chi connectivity index (χ4v) is 3.99. The molecule has 0 fully saturated rings. The number of rotatable bonds is 8. The molecule has 0 spiro atoms. The summed E-state index contributed by atoms with van der Waals surface area (Å²) in [6.07, 6.45) is 3.30. The van der Waals surface area contributed by atoms with Crippen LogP contribution in [-0.4, -0.2) is 30.5 Å². The third kappa shape index (κ3) is 5.80. The van der Waals surface area contributed by atoms with Crippen LogP contribution in [0.3, 0.4) is 0 Å². The van der Waals surface area contributed by atoms with Gasteiger partial charge < -0.3 is 10.1 Å². The van der Waals surface area contributed by atoms with Crippen LogP contribution in [0.25, 0.3) is 10.8 Å². The summed E-state index contributed by atoms with van der Waals surface area (Å²) in [5, 5.41) is 5.66. The molecule has 0 saturated heterocycles. The summed E-state index contributed by atoms with van der Waals surface area (Å²) in [7, 11) is 1.38. The molecule has 1 heterocycles. The highest BCUT2D eigenvalue weighted by Gasteiger charge is 2.12. The van der Waals surface area contributed by atoms with Crippen LogP contribution in [0.4, 0.5) is 0 Å². The van der Waals surface area contributed by atoms with Crippen molar-refractivity contribution >= 4 is 34.2 Å². The quantitative estimate of drug-likeness (QED) is 0.359. The summed E-state index contributed by atoms with van der Waals surface area (Å²) in [6.45, 7) is 0.552. The number of amides is 1. The number of nitrogens with zero attached hydrogens (tertiary/aromatic N) is 1. The second kappa shape index (κ2) is 10.9. The molecule has 34 heavy (non-hydrogen) atoms. The number of methoxy groups -OCH3 is 1.